The molecule has 0 radical (unpaired) electrons. The van der Waals surface area contributed by atoms with E-state index in [1.807, 2.05) is 24.6 Å². The van der Waals surface area contributed by atoms with Crippen molar-refractivity contribution in [3.05, 3.63) is 48.2 Å². The number of rotatable bonds is 0. The van der Waals surface area contributed by atoms with Gasteiger partial charge in [-0.2, -0.15) is 0 Å². The van der Waals surface area contributed by atoms with Crippen LogP contribution in [0.5, 0.6) is 0 Å². The molecule has 2 nitrogen and oxygen atoms in total. The van der Waals surface area contributed by atoms with Crippen molar-refractivity contribution >= 4 is 11.9 Å². The smallest absolute Gasteiger partial charge is 0.0767 e. The molecule has 0 amide bonds. The lowest BCUT2D eigenvalue weighted by molar-refractivity contribution is 0.701. The number of aliphatic imine (C=N–C) groups is 2. The van der Waals surface area contributed by atoms with Crippen LogP contribution in [0.4, 0.5) is 0 Å². The van der Waals surface area contributed by atoms with Gasteiger partial charge in [0.15, 0.2) is 0 Å². The van der Waals surface area contributed by atoms with E-state index in [1.165, 1.54) is 5.57 Å². The number of hydrogen-bond acceptors (Lipinski definition) is 2. The molecule has 1 spiro atoms. The molecule has 0 aromatic carbocycles. The zero-order chi connectivity index (χ0) is 9.43. The van der Waals surface area contributed by atoms with Gasteiger partial charge in [-0.15, -0.1) is 0 Å². The molecule has 0 aromatic rings. The third kappa shape index (κ3) is 0.854. The van der Waals surface area contributed by atoms with E-state index in [2.05, 4.69) is 34.3 Å². The molecule has 2 aliphatic heterocycles. The molecule has 3 rings (SSSR count). The highest BCUT2D eigenvalue weighted by atomic mass is 14.8. The maximum absolute atomic E-state index is 4.44. The average molecular weight is 182 g/mol. The summed E-state index contributed by atoms with van der Waals surface area (Å²) in [5.74, 6) is 0. The van der Waals surface area contributed by atoms with Crippen LogP contribution in [0.1, 0.15) is 0 Å². The Morgan fingerprint density at radius 2 is 2.21 bits per heavy atom. The molecular weight excluding hydrogens is 172 g/mol. The number of nitrogens with zero attached hydrogens (tertiary/aromatic N) is 2. The van der Waals surface area contributed by atoms with Crippen molar-refractivity contribution in [3.63, 3.8) is 0 Å². The summed E-state index contributed by atoms with van der Waals surface area (Å²) in [6.45, 7) is 0.792. The Hall–Kier alpha value is -1.70. The van der Waals surface area contributed by atoms with E-state index in [4.69, 9.17) is 0 Å². The zero-order valence-electron chi connectivity index (χ0n) is 7.72. The van der Waals surface area contributed by atoms with Crippen LogP contribution in [0.25, 0.3) is 0 Å². The van der Waals surface area contributed by atoms with Crippen molar-refractivity contribution in [1.29, 1.82) is 0 Å². The van der Waals surface area contributed by atoms with Crippen LogP contribution in [0.2, 0.25) is 0 Å². The highest BCUT2D eigenvalue weighted by molar-refractivity contribution is 6.11. The van der Waals surface area contributed by atoms with Crippen molar-refractivity contribution < 1.29 is 0 Å². The second-order valence-corrected chi connectivity index (χ2v) is 3.64. The molecule has 0 bridgehead atoms. The van der Waals surface area contributed by atoms with E-state index in [1.54, 1.807) is 0 Å². The molecule has 0 saturated heterocycles. The molecule has 3 aliphatic rings. The summed E-state index contributed by atoms with van der Waals surface area (Å²) < 4.78 is 0. The topological polar surface area (TPSA) is 24.7 Å². The Labute approximate surface area is 82.8 Å². The summed E-state index contributed by atoms with van der Waals surface area (Å²) in [6.07, 6.45) is 16.2. The Bertz CT molecular complexity index is 447. The normalized spacial score (nSPS) is 32.0. The first-order valence-corrected chi connectivity index (χ1v) is 4.73. The van der Waals surface area contributed by atoms with Crippen LogP contribution in [-0.2, 0) is 0 Å². The monoisotopic (exact) mass is 182 g/mol. The molecule has 2 heteroatoms. The minimum atomic E-state index is -0.0712. The van der Waals surface area contributed by atoms with Crippen LogP contribution >= 0.6 is 0 Å². The summed E-state index contributed by atoms with van der Waals surface area (Å²) in [5.41, 5.74) is 2.27. The van der Waals surface area contributed by atoms with Gasteiger partial charge >= 0.3 is 0 Å². The molecule has 1 atom stereocenters. The lowest BCUT2D eigenvalue weighted by Crippen LogP contribution is -2.31. The number of hydrogen-bond donors (Lipinski definition) is 0. The molecular formula is C12H10N2. The predicted molar refractivity (Wildman–Crippen MR) is 58.7 cm³/mol. The van der Waals surface area contributed by atoms with E-state index >= 15 is 0 Å². The zero-order valence-corrected chi connectivity index (χ0v) is 7.72. The van der Waals surface area contributed by atoms with Crippen LogP contribution in [-0.4, -0.2) is 18.5 Å². The average Bonchev–Trinajstić information content (AvgIpc) is 2.51. The second-order valence-electron chi connectivity index (χ2n) is 3.64. The molecule has 0 aromatic heterocycles. The Balaban J connectivity index is 2.24. The predicted octanol–water partition coefficient (Wildman–Crippen LogP) is 2.08. The minimum Gasteiger partial charge on any atom is -0.291 e. The van der Waals surface area contributed by atoms with Gasteiger partial charge in [0.05, 0.1) is 17.7 Å². The van der Waals surface area contributed by atoms with E-state index < -0.39 is 0 Å². The lowest BCUT2D eigenvalue weighted by Gasteiger charge is -2.27. The fourth-order valence-corrected chi connectivity index (χ4v) is 2.09. The van der Waals surface area contributed by atoms with Gasteiger partial charge in [0, 0.05) is 12.4 Å². The molecule has 0 fully saturated rings. The molecule has 68 valence electrons. The van der Waals surface area contributed by atoms with Crippen LogP contribution in [0, 0.1) is 5.41 Å². The van der Waals surface area contributed by atoms with Gasteiger partial charge < -0.3 is 0 Å². The standard InChI is InChI=1S/C12H10N2/c1-2-6-12-9-13-8-10(12)4-3-7-14-11(12)5-1/h1-8H,9H2. The van der Waals surface area contributed by atoms with Crippen molar-refractivity contribution in [1.82, 2.24) is 0 Å². The van der Waals surface area contributed by atoms with Gasteiger partial charge in [-0.25, -0.2) is 0 Å². The first kappa shape index (κ1) is 7.68. The molecule has 0 N–H and O–H groups in total. The maximum atomic E-state index is 4.44. The van der Waals surface area contributed by atoms with E-state index in [0.29, 0.717) is 0 Å². The quantitative estimate of drug-likeness (QED) is 0.548. The van der Waals surface area contributed by atoms with Gasteiger partial charge in [0.1, 0.15) is 0 Å². The highest BCUT2D eigenvalue weighted by Gasteiger charge is 2.39. The number of allylic oxidation sites excluding steroid dienone is 5. The van der Waals surface area contributed by atoms with E-state index in [0.717, 1.165) is 12.3 Å². The summed E-state index contributed by atoms with van der Waals surface area (Å²) in [5, 5.41) is 0. The molecule has 1 unspecified atom stereocenters. The van der Waals surface area contributed by atoms with Gasteiger partial charge in [-0.05, 0) is 17.7 Å². The third-order valence-corrected chi connectivity index (χ3v) is 2.86. The van der Waals surface area contributed by atoms with Gasteiger partial charge in [0.25, 0.3) is 0 Å². The largest absolute Gasteiger partial charge is 0.291 e. The van der Waals surface area contributed by atoms with Gasteiger partial charge in [0.2, 0.25) is 0 Å². The van der Waals surface area contributed by atoms with Crippen molar-refractivity contribution in [3.8, 4) is 0 Å². The fourth-order valence-electron chi connectivity index (χ4n) is 2.09. The SMILES string of the molecule is C1=CN=C2C=CC=CC23CN=CC3=C1. The van der Waals surface area contributed by atoms with E-state index in [-0.39, 0.29) is 5.41 Å². The highest BCUT2D eigenvalue weighted by Crippen LogP contribution is 2.38. The van der Waals surface area contributed by atoms with Crippen LogP contribution < -0.4 is 0 Å². The van der Waals surface area contributed by atoms with Crippen molar-refractivity contribution in [2.24, 2.45) is 15.4 Å². The van der Waals surface area contributed by atoms with Crippen molar-refractivity contribution in [2.75, 3.05) is 6.54 Å². The fraction of sp³-hybridized carbons (Fsp3) is 0.167. The van der Waals surface area contributed by atoms with Gasteiger partial charge in [-0.3, -0.25) is 9.98 Å². The summed E-state index contributed by atoms with van der Waals surface area (Å²) in [7, 11) is 0. The van der Waals surface area contributed by atoms with Crippen LogP contribution in [0.15, 0.2) is 58.2 Å². The third-order valence-electron chi connectivity index (χ3n) is 2.86. The van der Waals surface area contributed by atoms with Crippen molar-refractivity contribution in [2.45, 2.75) is 0 Å². The van der Waals surface area contributed by atoms with E-state index in [9.17, 15) is 0 Å². The summed E-state index contributed by atoms with van der Waals surface area (Å²) >= 11 is 0. The van der Waals surface area contributed by atoms with Crippen LogP contribution in [0.3, 0.4) is 0 Å². The minimum absolute atomic E-state index is 0.0712. The Morgan fingerprint density at radius 1 is 1.21 bits per heavy atom. The molecule has 14 heavy (non-hydrogen) atoms. The maximum Gasteiger partial charge on any atom is 0.0767 e. The first-order valence-electron chi connectivity index (χ1n) is 4.73. The Morgan fingerprint density at radius 3 is 3.21 bits per heavy atom. The Kier molecular flexibility index (Phi) is 1.45. The lowest BCUT2D eigenvalue weighted by atomic mass is 9.75. The first-order chi connectivity index (χ1) is 6.92. The molecule has 2 heterocycles. The second kappa shape index (κ2) is 2.64. The molecule has 1 aliphatic carbocycles. The summed E-state index contributed by atoms with van der Waals surface area (Å²) in [6, 6.07) is 0. The molecule has 0 saturated carbocycles. The summed E-state index contributed by atoms with van der Waals surface area (Å²) in [4.78, 5) is 8.80. The van der Waals surface area contributed by atoms with Gasteiger partial charge in [-0.1, -0.05) is 24.3 Å².